The highest BCUT2D eigenvalue weighted by Crippen LogP contribution is 2.34. The summed E-state index contributed by atoms with van der Waals surface area (Å²) in [4.78, 5) is 12.5. The Bertz CT molecular complexity index is 748. The molecule has 0 spiro atoms. The molecule has 0 fully saturated rings. The van der Waals surface area contributed by atoms with E-state index in [0.29, 0.717) is 19.0 Å². The topological polar surface area (TPSA) is 47.6 Å². The zero-order valence-corrected chi connectivity index (χ0v) is 16.8. The zero-order valence-electron chi connectivity index (χ0n) is 15.9. The van der Waals surface area contributed by atoms with Gasteiger partial charge in [-0.15, -0.1) is 11.8 Å². The quantitative estimate of drug-likeness (QED) is 0.757. The molecular weight excluding hydrogens is 358 g/mol. The number of carbonyl (C=O) groups excluding carboxylic acids is 1. The van der Waals surface area contributed by atoms with Gasteiger partial charge in [-0.05, 0) is 29.2 Å². The van der Waals surface area contributed by atoms with E-state index in [0.717, 1.165) is 29.2 Å². The summed E-state index contributed by atoms with van der Waals surface area (Å²) in [6.45, 7) is 5.57. The summed E-state index contributed by atoms with van der Waals surface area (Å²) in [5, 5.41) is 3.19. The second-order valence-corrected chi connectivity index (χ2v) is 8.01. The SMILES string of the molecule is CC(C)[C@H](NC(=O)CSCc1ccccc1)c1ccc2c(c1)OCCCO2. The molecule has 27 heavy (non-hydrogen) atoms. The first-order chi connectivity index (χ1) is 13.1. The van der Waals surface area contributed by atoms with Crippen molar-refractivity contribution in [3.05, 3.63) is 59.7 Å². The van der Waals surface area contributed by atoms with Crippen LogP contribution in [-0.4, -0.2) is 24.9 Å². The van der Waals surface area contributed by atoms with Crippen LogP contribution in [0.1, 0.15) is 37.4 Å². The van der Waals surface area contributed by atoms with Gasteiger partial charge in [-0.25, -0.2) is 0 Å². The molecule has 2 aromatic carbocycles. The summed E-state index contributed by atoms with van der Waals surface area (Å²) >= 11 is 1.63. The van der Waals surface area contributed by atoms with Gasteiger partial charge in [0.25, 0.3) is 0 Å². The fourth-order valence-electron chi connectivity index (χ4n) is 3.06. The van der Waals surface area contributed by atoms with Gasteiger partial charge in [0.05, 0.1) is 25.0 Å². The standard InChI is InChI=1S/C22H27NO3S/c1-16(2)22(18-9-10-19-20(13-18)26-12-6-11-25-19)23-21(24)15-27-14-17-7-4-3-5-8-17/h3-5,7-10,13,16,22H,6,11-12,14-15H2,1-2H3,(H,23,24)/t22-/m0/s1. The summed E-state index contributed by atoms with van der Waals surface area (Å²) < 4.78 is 11.5. The molecule has 1 atom stereocenters. The Kier molecular flexibility index (Phi) is 7.04. The van der Waals surface area contributed by atoms with Crippen LogP contribution in [0.4, 0.5) is 0 Å². The van der Waals surface area contributed by atoms with Crippen LogP contribution in [0.15, 0.2) is 48.5 Å². The molecule has 1 aliphatic rings. The maximum absolute atomic E-state index is 12.5. The van der Waals surface area contributed by atoms with E-state index in [1.807, 2.05) is 36.4 Å². The van der Waals surface area contributed by atoms with Crippen molar-refractivity contribution in [1.82, 2.24) is 5.32 Å². The molecule has 1 amide bonds. The first kappa shape index (κ1) is 19.6. The zero-order chi connectivity index (χ0) is 19.1. The van der Waals surface area contributed by atoms with Crippen LogP contribution in [0, 0.1) is 5.92 Å². The Morgan fingerprint density at radius 3 is 2.56 bits per heavy atom. The number of hydrogen-bond acceptors (Lipinski definition) is 4. The number of nitrogens with one attached hydrogen (secondary N) is 1. The first-order valence-corrected chi connectivity index (χ1v) is 10.6. The molecule has 0 aliphatic carbocycles. The summed E-state index contributed by atoms with van der Waals surface area (Å²) in [6.07, 6.45) is 0.882. The normalized spacial score (nSPS) is 14.5. The number of rotatable bonds is 7. The fraction of sp³-hybridized carbons (Fsp3) is 0.409. The number of amides is 1. The third kappa shape index (κ3) is 5.67. The number of carbonyl (C=O) groups is 1. The van der Waals surface area contributed by atoms with Crippen LogP contribution in [0.2, 0.25) is 0 Å². The van der Waals surface area contributed by atoms with Gasteiger partial charge in [0.15, 0.2) is 11.5 Å². The number of hydrogen-bond donors (Lipinski definition) is 1. The van der Waals surface area contributed by atoms with E-state index in [-0.39, 0.29) is 17.9 Å². The molecule has 144 valence electrons. The Labute approximate surface area is 165 Å². The van der Waals surface area contributed by atoms with Crippen molar-refractivity contribution >= 4 is 17.7 Å². The lowest BCUT2D eigenvalue weighted by Crippen LogP contribution is -2.33. The van der Waals surface area contributed by atoms with E-state index in [9.17, 15) is 4.79 Å². The van der Waals surface area contributed by atoms with Crippen molar-refractivity contribution < 1.29 is 14.3 Å². The maximum Gasteiger partial charge on any atom is 0.230 e. The summed E-state index contributed by atoms with van der Waals surface area (Å²) in [6, 6.07) is 16.1. The predicted octanol–water partition coefficient (Wildman–Crippen LogP) is 4.59. The molecule has 0 saturated carbocycles. The van der Waals surface area contributed by atoms with Crippen molar-refractivity contribution in [1.29, 1.82) is 0 Å². The molecule has 3 rings (SSSR count). The van der Waals surface area contributed by atoms with Gasteiger partial charge in [-0.3, -0.25) is 4.79 Å². The Morgan fingerprint density at radius 1 is 1.07 bits per heavy atom. The molecule has 0 bridgehead atoms. The van der Waals surface area contributed by atoms with Crippen molar-refractivity contribution in [2.45, 2.75) is 32.1 Å². The van der Waals surface area contributed by atoms with Gasteiger partial charge >= 0.3 is 0 Å². The number of ether oxygens (including phenoxy) is 2. The summed E-state index contributed by atoms with van der Waals surface area (Å²) in [7, 11) is 0. The lowest BCUT2D eigenvalue weighted by molar-refractivity contribution is -0.119. The first-order valence-electron chi connectivity index (χ1n) is 9.44. The highest BCUT2D eigenvalue weighted by Gasteiger charge is 2.21. The highest BCUT2D eigenvalue weighted by molar-refractivity contribution is 7.99. The Hall–Kier alpha value is -2.14. The molecule has 1 heterocycles. The van der Waals surface area contributed by atoms with Crippen molar-refractivity contribution in [3.63, 3.8) is 0 Å². The minimum absolute atomic E-state index is 0.0491. The van der Waals surface area contributed by atoms with E-state index in [4.69, 9.17) is 9.47 Å². The van der Waals surface area contributed by atoms with E-state index in [2.05, 4.69) is 31.3 Å². The lowest BCUT2D eigenvalue weighted by Gasteiger charge is -2.24. The molecule has 0 radical (unpaired) electrons. The third-order valence-corrected chi connectivity index (χ3v) is 5.46. The van der Waals surface area contributed by atoms with E-state index in [1.54, 1.807) is 11.8 Å². The minimum atomic E-state index is -0.0491. The number of thioether (sulfide) groups is 1. The number of benzene rings is 2. The molecule has 0 unspecified atom stereocenters. The van der Waals surface area contributed by atoms with Crippen LogP contribution < -0.4 is 14.8 Å². The molecule has 0 aromatic heterocycles. The second-order valence-electron chi connectivity index (χ2n) is 7.02. The average Bonchev–Trinajstić information content (AvgIpc) is 2.91. The van der Waals surface area contributed by atoms with Crippen molar-refractivity contribution in [3.8, 4) is 11.5 Å². The Balaban J connectivity index is 1.60. The molecule has 2 aromatic rings. The average molecular weight is 386 g/mol. The Morgan fingerprint density at radius 2 is 1.81 bits per heavy atom. The van der Waals surface area contributed by atoms with Crippen molar-refractivity contribution in [2.24, 2.45) is 5.92 Å². The molecule has 4 nitrogen and oxygen atoms in total. The van der Waals surface area contributed by atoms with Crippen LogP contribution in [0.3, 0.4) is 0 Å². The predicted molar refractivity (Wildman–Crippen MR) is 110 cm³/mol. The van der Waals surface area contributed by atoms with E-state index >= 15 is 0 Å². The maximum atomic E-state index is 12.5. The van der Waals surface area contributed by atoms with Gasteiger partial charge in [-0.2, -0.15) is 0 Å². The van der Waals surface area contributed by atoms with Gasteiger partial charge in [0, 0.05) is 12.2 Å². The number of fused-ring (bicyclic) bond motifs is 1. The highest BCUT2D eigenvalue weighted by atomic mass is 32.2. The van der Waals surface area contributed by atoms with Crippen LogP contribution >= 0.6 is 11.8 Å². The third-order valence-electron chi connectivity index (χ3n) is 4.46. The summed E-state index contributed by atoms with van der Waals surface area (Å²) in [5.41, 5.74) is 2.29. The van der Waals surface area contributed by atoms with Crippen LogP contribution in [-0.2, 0) is 10.5 Å². The van der Waals surface area contributed by atoms with E-state index < -0.39 is 0 Å². The molecule has 5 heteroatoms. The van der Waals surface area contributed by atoms with Crippen LogP contribution in [0.25, 0.3) is 0 Å². The van der Waals surface area contributed by atoms with Gasteiger partial charge < -0.3 is 14.8 Å². The largest absolute Gasteiger partial charge is 0.490 e. The smallest absolute Gasteiger partial charge is 0.230 e. The minimum Gasteiger partial charge on any atom is -0.490 e. The summed E-state index contributed by atoms with van der Waals surface area (Å²) in [5.74, 6) is 3.17. The van der Waals surface area contributed by atoms with Gasteiger partial charge in [0.1, 0.15) is 0 Å². The van der Waals surface area contributed by atoms with Gasteiger partial charge in [-0.1, -0.05) is 50.2 Å². The lowest BCUT2D eigenvalue weighted by atomic mass is 9.95. The van der Waals surface area contributed by atoms with Gasteiger partial charge in [0.2, 0.25) is 5.91 Å². The van der Waals surface area contributed by atoms with E-state index in [1.165, 1.54) is 5.56 Å². The van der Waals surface area contributed by atoms with Crippen LogP contribution in [0.5, 0.6) is 11.5 Å². The monoisotopic (exact) mass is 385 g/mol. The molecule has 1 aliphatic heterocycles. The molecule has 1 N–H and O–H groups in total. The van der Waals surface area contributed by atoms with Crippen molar-refractivity contribution in [2.75, 3.05) is 19.0 Å². The fourth-order valence-corrected chi connectivity index (χ4v) is 3.86. The molecular formula is C22H27NO3S. The molecule has 0 saturated heterocycles. The second kappa shape index (κ2) is 9.70.